The molecule has 1 heterocycles. The van der Waals surface area contributed by atoms with E-state index in [2.05, 4.69) is 46.3 Å². The van der Waals surface area contributed by atoms with E-state index in [9.17, 15) is 0 Å². The summed E-state index contributed by atoms with van der Waals surface area (Å²) in [5.41, 5.74) is 1.27. The van der Waals surface area contributed by atoms with Gasteiger partial charge in [-0.2, -0.15) is 0 Å². The van der Waals surface area contributed by atoms with Gasteiger partial charge in [0.25, 0.3) is 0 Å². The quantitative estimate of drug-likeness (QED) is 0.782. The van der Waals surface area contributed by atoms with Crippen LogP contribution in [0.5, 0.6) is 0 Å². The zero-order valence-corrected chi connectivity index (χ0v) is 11.6. The maximum Gasteiger partial charge on any atom is 0.0696 e. The molecule has 0 saturated carbocycles. The molecule has 1 aromatic rings. The van der Waals surface area contributed by atoms with Crippen LogP contribution in [0.15, 0.2) is 36.4 Å². The van der Waals surface area contributed by atoms with Crippen LogP contribution < -0.4 is 0 Å². The van der Waals surface area contributed by atoms with E-state index in [0.717, 1.165) is 0 Å². The number of hydrogen-bond acceptors (Lipinski definition) is 2. The van der Waals surface area contributed by atoms with Gasteiger partial charge in [0.05, 0.1) is 4.58 Å². The van der Waals surface area contributed by atoms with Gasteiger partial charge in [-0.1, -0.05) is 46.3 Å². The largest absolute Gasteiger partial charge is 0.143 e. The molecule has 0 N–H and O–H groups in total. The van der Waals surface area contributed by atoms with Gasteiger partial charge in [0.2, 0.25) is 0 Å². The lowest BCUT2D eigenvalue weighted by Gasteiger charge is -2.18. The van der Waals surface area contributed by atoms with Crippen LogP contribution in [0.4, 0.5) is 0 Å². The highest BCUT2D eigenvalue weighted by molar-refractivity contribution is 9.15. The van der Waals surface area contributed by atoms with Gasteiger partial charge in [-0.3, -0.25) is 0 Å². The third kappa shape index (κ3) is 3.58. The molecule has 0 nitrogen and oxygen atoms in total. The fourth-order valence-electron chi connectivity index (χ4n) is 1.42. The summed E-state index contributed by atoms with van der Waals surface area (Å²) in [6.07, 6.45) is 3.67. The SMILES string of the molecule is Br/C(=C\C1SCCCS1)c1ccccc1. The molecule has 0 amide bonds. The summed E-state index contributed by atoms with van der Waals surface area (Å²) in [5, 5.41) is 0. The van der Waals surface area contributed by atoms with Crippen LogP contribution in [0, 0.1) is 0 Å². The summed E-state index contributed by atoms with van der Waals surface area (Å²) in [4.78, 5) is 0. The van der Waals surface area contributed by atoms with E-state index in [4.69, 9.17) is 0 Å². The zero-order chi connectivity index (χ0) is 10.5. The predicted octanol–water partition coefficient (Wildman–Crippen LogP) is 4.62. The van der Waals surface area contributed by atoms with E-state index in [0.29, 0.717) is 4.58 Å². The van der Waals surface area contributed by atoms with Crippen LogP contribution in [0.3, 0.4) is 0 Å². The number of halogens is 1. The Labute approximate surface area is 108 Å². The minimum atomic E-state index is 0.619. The van der Waals surface area contributed by atoms with Crippen molar-refractivity contribution in [2.24, 2.45) is 0 Å². The van der Waals surface area contributed by atoms with E-state index < -0.39 is 0 Å². The maximum absolute atomic E-state index is 3.66. The molecule has 0 aliphatic carbocycles. The first-order valence-electron chi connectivity index (χ1n) is 5.02. The first kappa shape index (κ1) is 11.6. The summed E-state index contributed by atoms with van der Waals surface area (Å²) in [5.74, 6) is 2.59. The first-order valence-corrected chi connectivity index (χ1v) is 7.91. The van der Waals surface area contributed by atoms with Gasteiger partial charge in [-0.15, -0.1) is 23.5 Å². The van der Waals surface area contributed by atoms with Crippen LogP contribution in [0.25, 0.3) is 4.48 Å². The van der Waals surface area contributed by atoms with Crippen LogP contribution in [-0.2, 0) is 0 Å². The van der Waals surface area contributed by atoms with Gasteiger partial charge < -0.3 is 0 Å². The fourth-order valence-corrected chi connectivity index (χ4v) is 4.99. The normalized spacial score (nSPS) is 19.1. The molecule has 1 aromatic carbocycles. The van der Waals surface area contributed by atoms with Gasteiger partial charge in [-0.05, 0) is 29.6 Å². The highest BCUT2D eigenvalue weighted by atomic mass is 79.9. The third-order valence-corrected chi connectivity index (χ3v) is 5.70. The van der Waals surface area contributed by atoms with Crippen molar-refractivity contribution in [2.45, 2.75) is 11.0 Å². The van der Waals surface area contributed by atoms with Gasteiger partial charge >= 0.3 is 0 Å². The van der Waals surface area contributed by atoms with Crippen molar-refractivity contribution >= 4 is 43.9 Å². The Bertz CT molecular complexity index is 329. The standard InChI is InChI=1S/C12H13BrS2/c13-11(10-5-2-1-3-6-10)9-12-14-7-4-8-15-12/h1-3,5-6,9,12H,4,7-8H2/b11-9-. The van der Waals surface area contributed by atoms with Crippen LogP contribution in [0.1, 0.15) is 12.0 Å². The van der Waals surface area contributed by atoms with E-state index in [1.165, 1.54) is 28.0 Å². The van der Waals surface area contributed by atoms with Crippen LogP contribution in [-0.4, -0.2) is 16.1 Å². The molecule has 1 saturated heterocycles. The molecule has 1 aliphatic rings. The fraction of sp³-hybridized carbons (Fsp3) is 0.333. The summed E-state index contributed by atoms with van der Waals surface area (Å²) in [6.45, 7) is 0. The minimum absolute atomic E-state index is 0.619. The topological polar surface area (TPSA) is 0 Å². The average molecular weight is 301 g/mol. The zero-order valence-electron chi connectivity index (χ0n) is 8.36. The summed E-state index contributed by atoms with van der Waals surface area (Å²) in [6, 6.07) is 10.5. The highest BCUT2D eigenvalue weighted by Crippen LogP contribution is 2.34. The molecule has 15 heavy (non-hydrogen) atoms. The molecule has 0 unspecified atom stereocenters. The van der Waals surface area contributed by atoms with Crippen molar-refractivity contribution in [1.82, 2.24) is 0 Å². The Morgan fingerprint density at radius 2 is 1.87 bits per heavy atom. The molecule has 0 atom stereocenters. The lowest BCUT2D eigenvalue weighted by atomic mass is 10.2. The van der Waals surface area contributed by atoms with Crippen molar-refractivity contribution in [3.63, 3.8) is 0 Å². The number of hydrogen-bond donors (Lipinski definition) is 0. The molecule has 0 radical (unpaired) electrons. The molecule has 3 heteroatoms. The van der Waals surface area contributed by atoms with E-state index in [1.807, 2.05) is 29.6 Å². The molecule has 2 rings (SSSR count). The first-order chi connectivity index (χ1) is 7.36. The Hall–Kier alpha value is 0.140. The molecule has 80 valence electrons. The lowest BCUT2D eigenvalue weighted by Crippen LogP contribution is -2.03. The van der Waals surface area contributed by atoms with E-state index in [-0.39, 0.29) is 0 Å². The van der Waals surface area contributed by atoms with Gasteiger partial charge in [0.1, 0.15) is 0 Å². The molecule has 0 aromatic heterocycles. The van der Waals surface area contributed by atoms with Gasteiger partial charge in [-0.25, -0.2) is 0 Å². The molecule has 1 fully saturated rings. The van der Waals surface area contributed by atoms with Crippen molar-refractivity contribution in [3.05, 3.63) is 42.0 Å². The monoisotopic (exact) mass is 300 g/mol. The molecular weight excluding hydrogens is 288 g/mol. The molecule has 1 aliphatic heterocycles. The van der Waals surface area contributed by atoms with Gasteiger partial charge in [0.15, 0.2) is 0 Å². The van der Waals surface area contributed by atoms with Crippen LogP contribution >= 0.6 is 39.5 Å². The number of thioether (sulfide) groups is 2. The van der Waals surface area contributed by atoms with Crippen LogP contribution in [0.2, 0.25) is 0 Å². The minimum Gasteiger partial charge on any atom is -0.143 e. The predicted molar refractivity (Wildman–Crippen MR) is 76.7 cm³/mol. The Balaban J connectivity index is 2.06. The Kier molecular flexibility index (Phi) is 4.66. The summed E-state index contributed by atoms with van der Waals surface area (Å²) in [7, 11) is 0. The van der Waals surface area contributed by atoms with Crippen molar-refractivity contribution in [1.29, 1.82) is 0 Å². The second-order valence-electron chi connectivity index (χ2n) is 3.34. The van der Waals surface area contributed by atoms with Crippen molar-refractivity contribution in [3.8, 4) is 0 Å². The number of benzene rings is 1. The van der Waals surface area contributed by atoms with E-state index in [1.54, 1.807) is 0 Å². The highest BCUT2D eigenvalue weighted by Gasteiger charge is 2.12. The Morgan fingerprint density at radius 1 is 1.20 bits per heavy atom. The maximum atomic E-state index is 3.66. The second-order valence-corrected chi connectivity index (χ2v) is 7.00. The average Bonchev–Trinajstić information content (AvgIpc) is 2.31. The number of rotatable bonds is 2. The van der Waals surface area contributed by atoms with Crippen molar-refractivity contribution < 1.29 is 0 Å². The van der Waals surface area contributed by atoms with Crippen molar-refractivity contribution in [2.75, 3.05) is 11.5 Å². The Morgan fingerprint density at radius 3 is 2.53 bits per heavy atom. The lowest BCUT2D eigenvalue weighted by molar-refractivity contribution is 1.11. The molecule has 0 spiro atoms. The van der Waals surface area contributed by atoms with E-state index >= 15 is 0 Å². The smallest absolute Gasteiger partial charge is 0.0696 e. The molecular formula is C12H13BrS2. The summed E-state index contributed by atoms with van der Waals surface area (Å²) < 4.78 is 1.84. The van der Waals surface area contributed by atoms with Gasteiger partial charge in [0, 0.05) is 4.48 Å². The second kappa shape index (κ2) is 6.02. The third-order valence-electron chi connectivity index (χ3n) is 2.18. The summed E-state index contributed by atoms with van der Waals surface area (Å²) >= 11 is 7.74. The molecule has 0 bridgehead atoms.